The van der Waals surface area contributed by atoms with Crippen LogP contribution in [0.2, 0.25) is 0 Å². The van der Waals surface area contributed by atoms with Gasteiger partial charge in [-0.2, -0.15) is 0 Å². The van der Waals surface area contributed by atoms with Crippen molar-refractivity contribution in [2.24, 2.45) is 0 Å². The van der Waals surface area contributed by atoms with Gasteiger partial charge in [-0.1, -0.05) is 18.2 Å². The molecule has 0 radical (unpaired) electrons. The van der Waals surface area contributed by atoms with Gasteiger partial charge in [-0.05, 0) is 30.7 Å². The van der Waals surface area contributed by atoms with E-state index in [9.17, 15) is 14.4 Å². The summed E-state index contributed by atoms with van der Waals surface area (Å²) < 4.78 is 0. The van der Waals surface area contributed by atoms with E-state index in [-0.39, 0.29) is 17.7 Å². The fourth-order valence-corrected chi connectivity index (χ4v) is 2.71. The van der Waals surface area contributed by atoms with Crippen molar-refractivity contribution in [1.29, 1.82) is 0 Å². The molecule has 24 heavy (non-hydrogen) atoms. The summed E-state index contributed by atoms with van der Waals surface area (Å²) in [4.78, 5) is 37.3. The number of nitrogens with one attached hydrogen (secondary N) is 2. The number of hydrogen-bond acceptors (Lipinski definition) is 4. The Morgan fingerprint density at radius 2 is 1.67 bits per heavy atom. The summed E-state index contributed by atoms with van der Waals surface area (Å²) >= 11 is 0. The SMILES string of the molecule is CC1=C(C(=O)NCCNCCN2C(=O)c3ccccc3C2=O)C=C1. The minimum Gasteiger partial charge on any atom is -0.351 e. The molecule has 0 fully saturated rings. The Labute approximate surface area is 140 Å². The third-order valence-electron chi connectivity index (χ3n) is 4.15. The van der Waals surface area contributed by atoms with E-state index >= 15 is 0 Å². The van der Waals surface area contributed by atoms with E-state index in [2.05, 4.69) is 10.6 Å². The predicted octanol–water partition coefficient (Wildman–Crippen LogP) is 0.875. The third-order valence-corrected chi connectivity index (χ3v) is 4.15. The topological polar surface area (TPSA) is 78.5 Å². The van der Waals surface area contributed by atoms with Crippen molar-refractivity contribution in [2.45, 2.75) is 6.92 Å². The van der Waals surface area contributed by atoms with Gasteiger partial charge in [0.2, 0.25) is 0 Å². The molecular formula is C18H19N3O3. The first kappa shape index (κ1) is 16.1. The van der Waals surface area contributed by atoms with Crippen LogP contribution >= 0.6 is 0 Å². The summed E-state index contributed by atoms with van der Waals surface area (Å²) in [6.45, 7) is 3.77. The van der Waals surface area contributed by atoms with Crippen molar-refractivity contribution in [2.75, 3.05) is 26.2 Å². The van der Waals surface area contributed by atoms with Gasteiger partial charge in [0.1, 0.15) is 0 Å². The predicted molar refractivity (Wildman–Crippen MR) is 89.5 cm³/mol. The van der Waals surface area contributed by atoms with E-state index < -0.39 is 0 Å². The fourth-order valence-electron chi connectivity index (χ4n) is 2.71. The van der Waals surface area contributed by atoms with Crippen LogP contribution in [0, 0.1) is 0 Å². The second kappa shape index (κ2) is 6.80. The number of rotatable bonds is 7. The Kier molecular flexibility index (Phi) is 4.57. The van der Waals surface area contributed by atoms with Crippen molar-refractivity contribution in [3.63, 3.8) is 0 Å². The first-order chi connectivity index (χ1) is 11.6. The quantitative estimate of drug-likeness (QED) is 0.576. The number of amides is 3. The molecule has 2 N–H and O–H groups in total. The molecule has 6 heteroatoms. The lowest BCUT2D eigenvalue weighted by atomic mass is 9.99. The van der Waals surface area contributed by atoms with Crippen molar-refractivity contribution >= 4 is 17.7 Å². The Bertz CT molecular complexity index is 730. The van der Waals surface area contributed by atoms with Gasteiger partial charge in [0, 0.05) is 31.8 Å². The first-order valence-electron chi connectivity index (χ1n) is 7.92. The summed E-state index contributed by atoms with van der Waals surface area (Å²) in [7, 11) is 0. The van der Waals surface area contributed by atoms with Gasteiger partial charge < -0.3 is 10.6 Å². The molecule has 3 rings (SSSR count). The average molecular weight is 325 g/mol. The van der Waals surface area contributed by atoms with Crippen molar-refractivity contribution < 1.29 is 14.4 Å². The second-order valence-electron chi connectivity index (χ2n) is 5.74. The minimum absolute atomic E-state index is 0.0721. The van der Waals surface area contributed by atoms with E-state index in [0.717, 1.165) is 11.1 Å². The van der Waals surface area contributed by atoms with Crippen LogP contribution < -0.4 is 10.6 Å². The van der Waals surface area contributed by atoms with Crippen LogP contribution in [-0.4, -0.2) is 48.8 Å². The van der Waals surface area contributed by atoms with E-state index in [1.165, 1.54) is 4.90 Å². The van der Waals surface area contributed by atoms with E-state index in [1.807, 2.05) is 13.0 Å². The monoisotopic (exact) mass is 325 g/mol. The largest absolute Gasteiger partial charge is 0.351 e. The third kappa shape index (κ3) is 3.00. The Balaban J connectivity index is 1.37. The molecule has 1 aromatic carbocycles. The van der Waals surface area contributed by atoms with Gasteiger partial charge in [-0.25, -0.2) is 0 Å². The van der Waals surface area contributed by atoms with Crippen molar-refractivity contribution in [3.8, 4) is 0 Å². The molecule has 1 aliphatic heterocycles. The van der Waals surface area contributed by atoms with Gasteiger partial charge in [0.25, 0.3) is 17.7 Å². The normalized spacial score (nSPS) is 15.6. The van der Waals surface area contributed by atoms with Gasteiger partial charge in [0.05, 0.1) is 11.1 Å². The summed E-state index contributed by atoms with van der Waals surface area (Å²) in [6.07, 6.45) is 3.69. The molecule has 6 nitrogen and oxygen atoms in total. The number of allylic oxidation sites excluding steroid dienone is 2. The summed E-state index contributed by atoms with van der Waals surface area (Å²) in [5.74, 6) is -0.563. The molecule has 124 valence electrons. The number of imide groups is 1. The van der Waals surface area contributed by atoms with Crippen molar-refractivity contribution in [3.05, 3.63) is 58.7 Å². The van der Waals surface area contributed by atoms with E-state index in [0.29, 0.717) is 37.3 Å². The molecule has 2 aliphatic rings. The maximum Gasteiger partial charge on any atom is 0.261 e. The molecule has 1 heterocycles. The lowest BCUT2D eigenvalue weighted by Crippen LogP contribution is -2.39. The van der Waals surface area contributed by atoms with Gasteiger partial charge in [0.15, 0.2) is 0 Å². The summed E-state index contributed by atoms with van der Waals surface area (Å²) in [5, 5.41) is 5.94. The molecule has 0 aromatic heterocycles. The highest BCUT2D eigenvalue weighted by molar-refractivity contribution is 6.21. The zero-order valence-electron chi connectivity index (χ0n) is 13.5. The average Bonchev–Trinajstić information content (AvgIpc) is 2.81. The number of fused-ring (bicyclic) bond motifs is 1. The van der Waals surface area contributed by atoms with Crippen LogP contribution in [0.15, 0.2) is 47.6 Å². The zero-order chi connectivity index (χ0) is 17.1. The highest BCUT2D eigenvalue weighted by Crippen LogP contribution is 2.21. The lowest BCUT2D eigenvalue weighted by molar-refractivity contribution is -0.117. The van der Waals surface area contributed by atoms with Crippen LogP contribution in [0.25, 0.3) is 0 Å². The van der Waals surface area contributed by atoms with Crippen LogP contribution in [0.4, 0.5) is 0 Å². The number of hydrogen-bond donors (Lipinski definition) is 2. The summed E-state index contributed by atoms with van der Waals surface area (Å²) in [6, 6.07) is 6.85. The molecule has 1 aromatic rings. The zero-order valence-corrected chi connectivity index (χ0v) is 13.5. The maximum absolute atomic E-state index is 12.2. The fraction of sp³-hybridized carbons (Fsp3) is 0.278. The molecule has 0 unspecified atom stereocenters. The smallest absolute Gasteiger partial charge is 0.261 e. The molecule has 0 atom stereocenters. The second-order valence-corrected chi connectivity index (χ2v) is 5.74. The Morgan fingerprint density at radius 1 is 1.00 bits per heavy atom. The number of carbonyl (C=O) groups is 3. The maximum atomic E-state index is 12.2. The van der Waals surface area contributed by atoms with E-state index in [1.54, 1.807) is 30.3 Å². The number of benzene rings is 1. The molecule has 3 amide bonds. The first-order valence-corrected chi connectivity index (χ1v) is 7.92. The summed E-state index contributed by atoms with van der Waals surface area (Å²) in [5.41, 5.74) is 2.64. The minimum atomic E-state index is -0.245. The number of nitrogens with zero attached hydrogens (tertiary/aromatic N) is 1. The molecular weight excluding hydrogens is 306 g/mol. The van der Waals surface area contributed by atoms with Crippen LogP contribution in [0.3, 0.4) is 0 Å². The molecule has 0 bridgehead atoms. The Morgan fingerprint density at radius 3 is 2.21 bits per heavy atom. The molecule has 0 saturated heterocycles. The van der Waals surface area contributed by atoms with Gasteiger partial charge in [-0.3, -0.25) is 19.3 Å². The van der Waals surface area contributed by atoms with Crippen LogP contribution in [-0.2, 0) is 4.79 Å². The molecule has 0 saturated carbocycles. The standard InChI is InChI=1S/C18H19N3O3/c1-12-6-7-13(12)16(22)20-9-8-19-10-11-21-17(23)14-4-2-3-5-15(14)18(21)24/h2-7,19H,8-11H2,1H3,(H,20,22). The highest BCUT2D eigenvalue weighted by Gasteiger charge is 2.34. The van der Waals surface area contributed by atoms with Crippen molar-refractivity contribution in [1.82, 2.24) is 15.5 Å². The Hall–Kier alpha value is -2.73. The lowest BCUT2D eigenvalue weighted by Gasteiger charge is -2.15. The van der Waals surface area contributed by atoms with Gasteiger partial charge >= 0.3 is 0 Å². The van der Waals surface area contributed by atoms with E-state index in [4.69, 9.17) is 0 Å². The molecule has 0 spiro atoms. The highest BCUT2D eigenvalue weighted by atomic mass is 16.2. The van der Waals surface area contributed by atoms with Crippen LogP contribution in [0.1, 0.15) is 27.6 Å². The molecule has 1 aliphatic carbocycles. The van der Waals surface area contributed by atoms with Gasteiger partial charge in [-0.15, -0.1) is 0 Å². The number of carbonyl (C=O) groups excluding carboxylic acids is 3. The van der Waals surface area contributed by atoms with Crippen LogP contribution in [0.5, 0.6) is 0 Å².